The lowest BCUT2D eigenvalue weighted by molar-refractivity contribution is -0.264. The second-order valence-electron chi connectivity index (χ2n) is 6.67. The number of amides is 1. The molecule has 7 heteroatoms. The van der Waals surface area contributed by atoms with Crippen LogP contribution in [0.3, 0.4) is 0 Å². The molecule has 1 fully saturated rings. The number of nitrogens with one attached hydrogen (secondary N) is 1. The Balaban J connectivity index is 1.84. The number of benzene rings is 1. The molecule has 3 rings (SSSR count). The van der Waals surface area contributed by atoms with Crippen LogP contribution in [0.15, 0.2) is 47.8 Å². The molecule has 2 N–H and O–H groups in total. The molecular weight excluding hydrogens is 363 g/mol. The Hall–Kier alpha value is -1.86. The molecule has 0 radical (unpaired) electrons. The van der Waals surface area contributed by atoms with E-state index < -0.39 is 29.6 Å². The van der Waals surface area contributed by atoms with Gasteiger partial charge in [0.05, 0.1) is 12.0 Å². The van der Waals surface area contributed by atoms with Gasteiger partial charge in [0.1, 0.15) is 0 Å². The number of carbonyl (C=O) groups excluding carboxylic acids is 1. The molecule has 0 bridgehead atoms. The maximum atomic E-state index is 13.6. The van der Waals surface area contributed by atoms with Gasteiger partial charge in [-0.1, -0.05) is 49.2 Å². The van der Waals surface area contributed by atoms with Crippen LogP contribution in [0.5, 0.6) is 0 Å². The smallest absolute Gasteiger partial charge is 0.375 e. The summed E-state index contributed by atoms with van der Waals surface area (Å²) in [6.07, 6.45) is -1.99. The quantitative estimate of drug-likeness (QED) is 0.816. The first-order valence-electron chi connectivity index (χ1n) is 8.46. The lowest BCUT2D eigenvalue weighted by atomic mass is 9.83. The Morgan fingerprint density at radius 1 is 1.12 bits per heavy atom. The van der Waals surface area contributed by atoms with Gasteiger partial charge < -0.3 is 10.4 Å². The predicted molar refractivity (Wildman–Crippen MR) is 93.9 cm³/mol. The van der Waals surface area contributed by atoms with Crippen LogP contribution in [-0.4, -0.2) is 23.7 Å². The van der Waals surface area contributed by atoms with Crippen molar-refractivity contribution in [2.75, 3.05) is 6.54 Å². The summed E-state index contributed by atoms with van der Waals surface area (Å²) in [6, 6.07) is 10.5. The van der Waals surface area contributed by atoms with Crippen LogP contribution in [0, 0.1) is 0 Å². The molecule has 26 heavy (non-hydrogen) atoms. The zero-order valence-corrected chi connectivity index (χ0v) is 14.9. The number of hydrogen-bond acceptors (Lipinski definition) is 3. The first kappa shape index (κ1) is 18.9. The highest BCUT2D eigenvalue weighted by molar-refractivity contribution is 7.10. The monoisotopic (exact) mass is 383 g/mol. The van der Waals surface area contributed by atoms with E-state index in [4.69, 9.17) is 0 Å². The van der Waals surface area contributed by atoms with Crippen LogP contribution >= 0.6 is 11.3 Å². The average Bonchev–Trinajstić information content (AvgIpc) is 3.30. The van der Waals surface area contributed by atoms with Crippen molar-refractivity contribution >= 4 is 17.2 Å². The van der Waals surface area contributed by atoms with E-state index in [0.29, 0.717) is 12.8 Å². The summed E-state index contributed by atoms with van der Waals surface area (Å²) in [7, 11) is 0. The van der Waals surface area contributed by atoms with E-state index in [0.717, 1.165) is 17.7 Å². The summed E-state index contributed by atoms with van der Waals surface area (Å²) in [5.41, 5.74) is -4.21. The van der Waals surface area contributed by atoms with Gasteiger partial charge in [-0.3, -0.25) is 4.79 Å². The van der Waals surface area contributed by atoms with E-state index in [-0.39, 0.29) is 5.56 Å². The molecular formula is C19H20F3NO2S. The third kappa shape index (κ3) is 3.25. The minimum absolute atomic E-state index is 0.288. The first-order valence-corrected chi connectivity index (χ1v) is 9.34. The molecule has 1 aromatic heterocycles. The van der Waals surface area contributed by atoms with Crippen molar-refractivity contribution in [2.24, 2.45) is 0 Å². The second-order valence-corrected chi connectivity index (χ2v) is 7.62. The van der Waals surface area contributed by atoms with Crippen LogP contribution in [0.1, 0.15) is 36.1 Å². The van der Waals surface area contributed by atoms with E-state index in [2.05, 4.69) is 5.32 Å². The fraction of sp³-hybridized carbons (Fsp3) is 0.421. The SMILES string of the molecule is O=C(NC[C@](O)(c1ccccc1)C(F)(F)F)C1(c2cccs2)CCCC1. The highest BCUT2D eigenvalue weighted by Gasteiger charge is 2.55. The van der Waals surface area contributed by atoms with E-state index in [1.807, 2.05) is 17.5 Å². The number of rotatable bonds is 5. The lowest BCUT2D eigenvalue weighted by Gasteiger charge is -2.33. The molecule has 0 aliphatic heterocycles. The Morgan fingerprint density at radius 3 is 2.31 bits per heavy atom. The van der Waals surface area contributed by atoms with Gasteiger partial charge in [0.25, 0.3) is 0 Å². The van der Waals surface area contributed by atoms with Crippen LogP contribution in [0.25, 0.3) is 0 Å². The molecule has 1 amide bonds. The standard InChI is InChI=1S/C19H20F3NO2S/c20-19(21,22)18(25,14-7-2-1-3-8-14)13-23-16(24)17(10-4-5-11-17)15-9-6-12-26-15/h1-3,6-9,12,25H,4-5,10-11,13H2,(H,23,24)/t18-/m0/s1. The van der Waals surface area contributed by atoms with Gasteiger partial charge in [0, 0.05) is 4.88 Å². The third-order valence-corrected chi connectivity index (χ3v) is 6.18. The molecule has 1 aromatic carbocycles. The third-order valence-electron chi connectivity index (χ3n) is 5.11. The van der Waals surface area contributed by atoms with Crippen LogP contribution in [-0.2, 0) is 15.8 Å². The predicted octanol–water partition coefficient (Wildman–Crippen LogP) is 4.13. The van der Waals surface area contributed by atoms with E-state index in [9.17, 15) is 23.1 Å². The molecule has 0 unspecified atom stereocenters. The highest BCUT2D eigenvalue weighted by atomic mass is 32.1. The fourth-order valence-corrected chi connectivity index (χ4v) is 4.56. The molecule has 140 valence electrons. The second kappa shape index (κ2) is 7.04. The Morgan fingerprint density at radius 2 is 1.77 bits per heavy atom. The van der Waals surface area contributed by atoms with E-state index in [1.54, 1.807) is 6.07 Å². The Kier molecular flexibility index (Phi) is 5.12. The Bertz CT molecular complexity index is 740. The van der Waals surface area contributed by atoms with Crippen LogP contribution < -0.4 is 5.32 Å². The van der Waals surface area contributed by atoms with Gasteiger partial charge in [0.15, 0.2) is 0 Å². The number of hydrogen-bond donors (Lipinski definition) is 2. The summed E-state index contributed by atoms with van der Waals surface area (Å²) in [5.74, 6) is -0.448. The summed E-state index contributed by atoms with van der Waals surface area (Å²) >= 11 is 1.44. The van der Waals surface area contributed by atoms with Crippen molar-refractivity contribution in [3.8, 4) is 0 Å². The molecule has 0 spiro atoms. The molecule has 1 aliphatic rings. The van der Waals surface area contributed by atoms with Crippen molar-refractivity contribution in [1.82, 2.24) is 5.32 Å². The van der Waals surface area contributed by atoms with Crippen LogP contribution in [0.2, 0.25) is 0 Å². The Labute approximate surface area is 153 Å². The molecule has 1 atom stereocenters. The van der Waals surface area contributed by atoms with Crippen molar-refractivity contribution in [2.45, 2.75) is 42.9 Å². The number of carbonyl (C=O) groups is 1. The van der Waals surface area contributed by atoms with Gasteiger partial charge in [0.2, 0.25) is 11.5 Å². The van der Waals surface area contributed by atoms with Gasteiger partial charge >= 0.3 is 6.18 Å². The van der Waals surface area contributed by atoms with Crippen molar-refractivity contribution in [1.29, 1.82) is 0 Å². The maximum Gasteiger partial charge on any atom is 0.423 e. The van der Waals surface area contributed by atoms with Gasteiger partial charge in [-0.2, -0.15) is 13.2 Å². The number of thiophene rings is 1. The number of alkyl halides is 3. The molecule has 2 aromatic rings. The molecule has 1 heterocycles. The summed E-state index contributed by atoms with van der Waals surface area (Å²) in [4.78, 5) is 13.8. The summed E-state index contributed by atoms with van der Waals surface area (Å²) < 4.78 is 40.8. The van der Waals surface area contributed by atoms with Crippen LogP contribution in [0.4, 0.5) is 13.2 Å². The van der Waals surface area contributed by atoms with Crippen molar-refractivity contribution in [3.05, 3.63) is 58.3 Å². The molecule has 0 saturated heterocycles. The van der Waals surface area contributed by atoms with Crippen molar-refractivity contribution in [3.63, 3.8) is 0 Å². The normalized spacial score (nSPS) is 19.1. The lowest BCUT2D eigenvalue weighted by Crippen LogP contribution is -2.54. The average molecular weight is 383 g/mol. The largest absolute Gasteiger partial charge is 0.423 e. The number of halogens is 3. The summed E-state index contributed by atoms with van der Waals surface area (Å²) in [5, 5.41) is 14.6. The first-order chi connectivity index (χ1) is 12.3. The zero-order valence-electron chi connectivity index (χ0n) is 14.1. The molecule has 1 saturated carbocycles. The minimum Gasteiger partial charge on any atom is -0.375 e. The molecule has 1 aliphatic carbocycles. The number of aliphatic hydroxyl groups is 1. The topological polar surface area (TPSA) is 49.3 Å². The van der Waals surface area contributed by atoms with Gasteiger partial charge in [-0.25, -0.2) is 0 Å². The highest BCUT2D eigenvalue weighted by Crippen LogP contribution is 2.44. The zero-order chi connectivity index (χ0) is 18.8. The van der Waals surface area contributed by atoms with E-state index in [1.165, 1.54) is 35.6 Å². The summed E-state index contributed by atoms with van der Waals surface area (Å²) in [6.45, 7) is -0.910. The minimum atomic E-state index is -4.91. The molecule has 3 nitrogen and oxygen atoms in total. The van der Waals surface area contributed by atoms with Gasteiger partial charge in [-0.05, 0) is 29.9 Å². The fourth-order valence-electron chi connectivity index (χ4n) is 3.57. The van der Waals surface area contributed by atoms with Crippen molar-refractivity contribution < 1.29 is 23.1 Å². The van der Waals surface area contributed by atoms with E-state index >= 15 is 0 Å². The van der Waals surface area contributed by atoms with Gasteiger partial charge in [-0.15, -0.1) is 11.3 Å². The maximum absolute atomic E-state index is 13.6.